The molecule has 4 fully saturated rings. The number of hydrogen-bond donors (Lipinski definition) is 14. The molecule has 0 aromatic heterocycles. The van der Waals surface area contributed by atoms with Crippen molar-refractivity contribution in [1.82, 2.24) is 10.6 Å². The minimum absolute atomic E-state index is 0.00932. The van der Waals surface area contributed by atoms with Crippen LogP contribution in [0.3, 0.4) is 0 Å². The van der Waals surface area contributed by atoms with E-state index in [4.69, 9.17) is 62.8 Å². The molecule has 0 bridgehead atoms. The molecule has 20 heteroatoms. The summed E-state index contributed by atoms with van der Waals surface area (Å²) in [5.41, 5.74) is 36.2. The molecule has 0 aromatic rings. The lowest BCUT2D eigenvalue weighted by atomic mass is 9.81. The second kappa shape index (κ2) is 18.5. The zero-order valence-electron chi connectivity index (χ0n) is 28.7. The monoisotopic (exact) mass is 736 g/mol. The SMILES string of the molecule is NCC(O)CN[C@@H]1C[C@H](N)[C@@H](O[C@H]2O[C@H](CNCC3CC(N)C3)C=C[C@H]2N)[C@H](O[C@@H]2O[C@H](CO)[C@@H](O[C@H]3O[C@@H](CN)[C@@H](O)[C@H](O)[C@H]3N)[C@H]2O)[C@H]1O. The van der Waals surface area contributed by atoms with Gasteiger partial charge in [-0.25, -0.2) is 0 Å². The Balaban J connectivity index is 1.28. The standard InChI is InChI=1S/C31H60N8O12/c32-6-14(41)9-39-18-5-17(36)26(49-29-16(35)2-1-15(46-29)10-38-8-12-3-13(34)4-12)28(22(18)42)51-31-25(45)27(20(11-40)48-31)50-30-21(37)24(44)23(43)19(7-33)47-30/h1-2,12-31,38-45H,3-11,32-37H2/t12?,13?,14?,15-,16+,17-,18+,19-,20+,21+,22-,23+,24+,25+,26+,27+,28+,29+,30+,31-/m0/s1. The summed E-state index contributed by atoms with van der Waals surface area (Å²) < 4.78 is 36.3. The minimum atomic E-state index is -1.58. The van der Waals surface area contributed by atoms with Gasteiger partial charge in [-0.3, -0.25) is 0 Å². The first-order valence-electron chi connectivity index (χ1n) is 17.8. The Bertz CT molecular complexity index is 1100. The first kappa shape index (κ1) is 41.1. The zero-order chi connectivity index (χ0) is 37.0. The molecular formula is C31H60N8O12. The maximum atomic E-state index is 11.6. The summed E-state index contributed by atoms with van der Waals surface area (Å²) in [6.07, 6.45) is -10.7. The second-order valence-corrected chi connectivity index (χ2v) is 14.4. The zero-order valence-corrected chi connectivity index (χ0v) is 28.7. The number of hydrogen-bond acceptors (Lipinski definition) is 20. The van der Waals surface area contributed by atoms with Gasteiger partial charge >= 0.3 is 0 Å². The molecular weight excluding hydrogens is 676 g/mol. The lowest BCUT2D eigenvalue weighted by Crippen LogP contribution is -2.66. The summed E-state index contributed by atoms with van der Waals surface area (Å²) in [4.78, 5) is 0. The van der Waals surface area contributed by atoms with Gasteiger partial charge in [-0.1, -0.05) is 12.2 Å². The van der Waals surface area contributed by atoms with Crippen LogP contribution in [0.2, 0.25) is 0 Å². The van der Waals surface area contributed by atoms with E-state index >= 15 is 0 Å². The number of ether oxygens (including phenoxy) is 6. The third-order valence-corrected chi connectivity index (χ3v) is 10.5. The summed E-state index contributed by atoms with van der Waals surface area (Å²) in [6.45, 7) is 0.585. The van der Waals surface area contributed by atoms with Gasteiger partial charge in [0, 0.05) is 44.3 Å². The molecule has 3 heterocycles. The molecule has 0 radical (unpaired) electrons. The lowest BCUT2D eigenvalue weighted by Gasteiger charge is -2.46. The highest BCUT2D eigenvalue weighted by Crippen LogP contribution is 2.34. The maximum absolute atomic E-state index is 11.6. The molecule has 51 heavy (non-hydrogen) atoms. The molecule has 5 aliphatic rings. The fourth-order valence-electron chi connectivity index (χ4n) is 7.29. The topological polar surface area (TPSA) is 357 Å². The van der Waals surface area contributed by atoms with Crippen LogP contribution < -0.4 is 45.0 Å². The van der Waals surface area contributed by atoms with E-state index in [2.05, 4.69) is 10.6 Å². The predicted molar refractivity (Wildman–Crippen MR) is 179 cm³/mol. The third-order valence-electron chi connectivity index (χ3n) is 10.5. The molecule has 1 unspecified atom stereocenters. The van der Waals surface area contributed by atoms with E-state index in [0.717, 1.165) is 19.4 Å². The van der Waals surface area contributed by atoms with E-state index in [1.807, 2.05) is 6.08 Å². The molecule has 0 spiro atoms. The fraction of sp³-hybridized carbons (Fsp3) is 0.935. The highest BCUT2D eigenvalue weighted by molar-refractivity contribution is 5.06. The van der Waals surface area contributed by atoms with Crippen LogP contribution in [-0.2, 0) is 28.4 Å². The molecule has 2 saturated carbocycles. The highest BCUT2D eigenvalue weighted by atomic mass is 16.8. The van der Waals surface area contributed by atoms with Crippen LogP contribution in [0.1, 0.15) is 19.3 Å². The van der Waals surface area contributed by atoms with E-state index in [-0.39, 0.29) is 38.2 Å². The van der Waals surface area contributed by atoms with Gasteiger partial charge in [-0.05, 0) is 31.7 Å². The Morgan fingerprint density at radius 1 is 0.745 bits per heavy atom. The molecule has 0 aromatic carbocycles. The van der Waals surface area contributed by atoms with Crippen molar-refractivity contribution in [2.24, 2.45) is 40.3 Å². The van der Waals surface area contributed by atoms with Crippen LogP contribution >= 0.6 is 0 Å². The smallest absolute Gasteiger partial charge is 0.187 e. The van der Waals surface area contributed by atoms with Gasteiger partial charge in [0.05, 0.1) is 37.0 Å². The van der Waals surface area contributed by atoms with E-state index in [9.17, 15) is 30.6 Å². The molecule has 3 aliphatic heterocycles. The quantitative estimate of drug-likeness (QED) is 0.0654. The van der Waals surface area contributed by atoms with Crippen LogP contribution in [0.4, 0.5) is 0 Å². The van der Waals surface area contributed by atoms with Gasteiger partial charge in [-0.2, -0.15) is 0 Å². The third kappa shape index (κ3) is 9.79. The van der Waals surface area contributed by atoms with Crippen molar-refractivity contribution in [3.05, 3.63) is 12.2 Å². The van der Waals surface area contributed by atoms with E-state index < -0.39 is 111 Å². The van der Waals surface area contributed by atoms with E-state index in [1.165, 1.54) is 0 Å². The minimum Gasteiger partial charge on any atom is -0.394 e. The summed E-state index contributed by atoms with van der Waals surface area (Å²) in [6, 6.07) is -3.11. The first-order valence-corrected chi connectivity index (χ1v) is 17.8. The van der Waals surface area contributed by atoms with Crippen LogP contribution in [-0.4, -0.2) is 186 Å². The van der Waals surface area contributed by atoms with Gasteiger partial charge < -0.3 is 104 Å². The number of nitrogens with two attached hydrogens (primary N) is 6. The Morgan fingerprint density at radius 2 is 1.43 bits per heavy atom. The van der Waals surface area contributed by atoms with Crippen molar-refractivity contribution in [2.75, 3.05) is 39.3 Å². The molecule has 20 N–H and O–H groups in total. The Morgan fingerprint density at radius 3 is 2.10 bits per heavy atom. The maximum Gasteiger partial charge on any atom is 0.187 e. The predicted octanol–water partition coefficient (Wildman–Crippen LogP) is -7.74. The summed E-state index contributed by atoms with van der Waals surface area (Å²) >= 11 is 0. The van der Waals surface area contributed by atoms with Gasteiger partial charge in [0.15, 0.2) is 18.9 Å². The average Bonchev–Trinajstić information content (AvgIpc) is 3.40. The molecule has 5 rings (SSSR count). The molecule has 20 nitrogen and oxygen atoms in total. The Labute approximate surface area is 297 Å². The largest absolute Gasteiger partial charge is 0.394 e. The lowest BCUT2D eigenvalue weighted by molar-refractivity contribution is -0.284. The molecule has 2 aliphatic carbocycles. The summed E-state index contributed by atoms with van der Waals surface area (Å²) in [5, 5.41) is 70.4. The average molecular weight is 737 g/mol. The van der Waals surface area contributed by atoms with Gasteiger partial charge in [0.25, 0.3) is 0 Å². The van der Waals surface area contributed by atoms with E-state index in [0.29, 0.717) is 12.5 Å². The molecule has 296 valence electrons. The normalized spacial score (nSPS) is 48.0. The Hall–Kier alpha value is -1.06. The summed E-state index contributed by atoms with van der Waals surface area (Å²) in [5.74, 6) is 0.520. The van der Waals surface area contributed by atoms with Crippen molar-refractivity contribution in [3.8, 4) is 0 Å². The number of aliphatic hydroxyl groups is 6. The van der Waals surface area contributed by atoms with Gasteiger partial charge in [0.2, 0.25) is 0 Å². The van der Waals surface area contributed by atoms with Crippen molar-refractivity contribution in [1.29, 1.82) is 0 Å². The molecule has 2 saturated heterocycles. The molecule has 0 amide bonds. The van der Waals surface area contributed by atoms with Gasteiger partial charge in [-0.15, -0.1) is 0 Å². The first-order chi connectivity index (χ1) is 24.3. The van der Waals surface area contributed by atoms with Crippen LogP contribution in [0, 0.1) is 5.92 Å². The van der Waals surface area contributed by atoms with Crippen molar-refractivity contribution < 1.29 is 59.1 Å². The van der Waals surface area contributed by atoms with Crippen LogP contribution in [0.25, 0.3) is 0 Å². The number of nitrogens with one attached hydrogen (secondary N) is 2. The second-order valence-electron chi connectivity index (χ2n) is 14.4. The summed E-state index contributed by atoms with van der Waals surface area (Å²) in [7, 11) is 0. The fourth-order valence-corrected chi connectivity index (χ4v) is 7.29. The van der Waals surface area contributed by atoms with Gasteiger partial charge in [0.1, 0.15) is 48.8 Å². The highest BCUT2D eigenvalue weighted by Gasteiger charge is 2.54. The molecule has 18 atom stereocenters. The van der Waals surface area contributed by atoms with Crippen molar-refractivity contribution in [2.45, 2.75) is 135 Å². The van der Waals surface area contributed by atoms with Crippen molar-refractivity contribution >= 4 is 0 Å². The number of aliphatic hydroxyl groups excluding tert-OH is 6. The Kier molecular flexibility index (Phi) is 14.9. The van der Waals surface area contributed by atoms with Crippen LogP contribution in [0.15, 0.2) is 12.2 Å². The van der Waals surface area contributed by atoms with Crippen LogP contribution in [0.5, 0.6) is 0 Å². The number of rotatable bonds is 16. The van der Waals surface area contributed by atoms with E-state index in [1.54, 1.807) is 6.08 Å². The van der Waals surface area contributed by atoms with Crippen molar-refractivity contribution in [3.63, 3.8) is 0 Å².